The highest BCUT2D eigenvalue weighted by molar-refractivity contribution is 7.80. The van der Waals surface area contributed by atoms with Crippen molar-refractivity contribution in [2.75, 3.05) is 80.1 Å². The number of amides is 1. The number of cyclic esters (lactones) is 1. The molecule has 2 aromatic rings. The molecule has 0 aromatic carbocycles. The molecular weight excluding hydrogens is 512 g/mol. The monoisotopic (exact) mass is 542 g/mol. The Kier molecular flexibility index (Phi) is 7.70. The van der Waals surface area contributed by atoms with Crippen molar-refractivity contribution in [1.29, 1.82) is 0 Å². The molecule has 0 aliphatic carbocycles. The first-order chi connectivity index (χ1) is 18.0. The summed E-state index contributed by atoms with van der Waals surface area (Å²) in [5.41, 5.74) is 0.674. The summed E-state index contributed by atoms with van der Waals surface area (Å²) in [6, 6.07) is 9.82. The van der Waals surface area contributed by atoms with Crippen LogP contribution < -0.4 is 20.0 Å². The Bertz CT molecular complexity index is 1110. The maximum atomic E-state index is 12.3. The molecule has 1 atom stereocenters. The molecule has 0 radical (unpaired) electrons. The Morgan fingerprint density at radius 2 is 1.59 bits per heavy atom. The summed E-state index contributed by atoms with van der Waals surface area (Å²) < 4.78 is 5.33. The normalized spacial score (nSPS) is 20.2. The molecular formula is C24H30N8O3S2. The van der Waals surface area contributed by atoms with E-state index < -0.39 is 12.2 Å². The molecule has 1 unspecified atom stereocenters. The van der Waals surface area contributed by atoms with E-state index in [0.29, 0.717) is 12.2 Å². The van der Waals surface area contributed by atoms with Crippen molar-refractivity contribution in [3.63, 3.8) is 0 Å². The summed E-state index contributed by atoms with van der Waals surface area (Å²) in [7, 11) is 0. The van der Waals surface area contributed by atoms with Gasteiger partial charge in [-0.15, -0.1) is 0 Å². The number of pyridine rings is 2. The largest absolute Gasteiger partial charge is 0.487 e. The number of ether oxygens (including phenoxy) is 1. The maximum absolute atomic E-state index is 12.3. The van der Waals surface area contributed by atoms with Gasteiger partial charge in [-0.2, -0.15) is 0 Å². The van der Waals surface area contributed by atoms with Crippen molar-refractivity contribution >= 4 is 58.1 Å². The van der Waals surface area contributed by atoms with E-state index in [0.717, 1.165) is 69.1 Å². The second kappa shape index (κ2) is 11.3. The first-order valence-corrected chi connectivity index (χ1v) is 13.2. The summed E-state index contributed by atoms with van der Waals surface area (Å²) in [4.78, 5) is 32.0. The van der Waals surface area contributed by atoms with E-state index in [1.54, 1.807) is 6.20 Å². The number of aliphatic hydroxyl groups excluding tert-OH is 1. The van der Waals surface area contributed by atoms with E-state index in [2.05, 4.69) is 47.1 Å². The van der Waals surface area contributed by atoms with Gasteiger partial charge in [-0.05, 0) is 48.7 Å². The van der Waals surface area contributed by atoms with Gasteiger partial charge in [-0.25, -0.2) is 14.8 Å². The Balaban J connectivity index is 1.09. The molecule has 5 heterocycles. The number of nitrogens with zero attached hydrogens (tertiary/aromatic N) is 7. The first kappa shape index (κ1) is 25.2. The molecule has 2 N–H and O–H groups in total. The minimum Gasteiger partial charge on any atom is -0.487 e. The van der Waals surface area contributed by atoms with Crippen LogP contribution in [0.25, 0.3) is 0 Å². The summed E-state index contributed by atoms with van der Waals surface area (Å²) >= 11 is 10.4. The topological polar surface area (TPSA) is 101 Å². The van der Waals surface area contributed by atoms with Crippen LogP contribution in [0.5, 0.6) is 0 Å². The molecule has 3 fully saturated rings. The van der Waals surface area contributed by atoms with E-state index in [1.807, 2.05) is 36.5 Å². The van der Waals surface area contributed by atoms with Crippen molar-refractivity contribution in [1.82, 2.24) is 25.1 Å². The van der Waals surface area contributed by atoms with Crippen molar-refractivity contribution in [3.05, 3.63) is 42.7 Å². The third kappa shape index (κ3) is 5.93. The molecule has 0 bridgehead atoms. The minimum atomic E-state index is -0.437. The molecule has 5 rings (SSSR count). The number of hydrogen-bond acceptors (Lipinski definition) is 8. The van der Waals surface area contributed by atoms with Crippen LogP contribution in [0.1, 0.15) is 0 Å². The van der Waals surface area contributed by atoms with E-state index in [1.165, 1.54) is 4.90 Å². The highest BCUT2D eigenvalue weighted by Gasteiger charge is 2.33. The highest BCUT2D eigenvalue weighted by atomic mass is 32.1. The number of nitrogens with one attached hydrogen (secondary N) is 1. The number of piperazine rings is 2. The average molecular weight is 543 g/mol. The lowest BCUT2D eigenvalue weighted by molar-refractivity contribution is 0.142. The third-order valence-electron chi connectivity index (χ3n) is 6.80. The van der Waals surface area contributed by atoms with Crippen molar-refractivity contribution < 1.29 is 14.6 Å². The Labute approximate surface area is 226 Å². The van der Waals surface area contributed by atoms with Gasteiger partial charge in [0.15, 0.2) is 5.11 Å². The quantitative estimate of drug-likeness (QED) is 0.535. The number of aromatic nitrogens is 2. The summed E-state index contributed by atoms with van der Waals surface area (Å²) in [6.45, 7) is 7.53. The number of hydrogen-bond donors (Lipinski definition) is 2. The molecule has 3 saturated heterocycles. The van der Waals surface area contributed by atoms with Gasteiger partial charge in [0, 0.05) is 58.6 Å². The van der Waals surface area contributed by atoms with Crippen LogP contribution in [0.15, 0.2) is 42.7 Å². The maximum Gasteiger partial charge on any atom is 0.414 e. The van der Waals surface area contributed by atoms with Gasteiger partial charge in [-0.3, -0.25) is 4.90 Å². The Hall–Kier alpha value is -3.45. The van der Waals surface area contributed by atoms with E-state index >= 15 is 0 Å². The van der Waals surface area contributed by atoms with Crippen LogP contribution in [0.3, 0.4) is 0 Å². The van der Waals surface area contributed by atoms with Gasteiger partial charge in [0.05, 0.1) is 25.0 Å². The van der Waals surface area contributed by atoms with Crippen molar-refractivity contribution in [3.8, 4) is 0 Å². The Morgan fingerprint density at radius 1 is 0.946 bits per heavy atom. The second-order valence-corrected chi connectivity index (χ2v) is 9.85. The number of anilines is 3. The van der Waals surface area contributed by atoms with Crippen LogP contribution in [0, 0.1) is 0 Å². The fraction of sp³-hybridized carbons (Fsp3) is 0.458. The fourth-order valence-corrected chi connectivity index (χ4v) is 5.21. The van der Waals surface area contributed by atoms with Gasteiger partial charge in [-0.1, -0.05) is 6.07 Å². The molecule has 196 valence electrons. The molecule has 0 spiro atoms. The third-order valence-corrected chi connectivity index (χ3v) is 7.46. The zero-order chi connectivity index (χ0) is 25.8. The summed E-state index contributed by atoms with van der Waals surface area (Å²) in [5, 5.41) is 12.3. The average Bonchev–Trinajstić information content (AvgIpc) is 3.32. The highest BCUT2D eigenvalue weighted by Crippen LogP contribution is 2.24. The van der Waals surface area contributed by atoms with Crippen molar-refractivity contribution in [2.24, 2.45) is 0 Å². The zero-order valence-corrected chi connectivity index (χ0v) is 22.0. The van der Waals surface area contributed by atoms with Crippen molar-refractivity contribution in [2.45, 2.75) is 6.10 Å². The predicted molar refractivity (Wildman–Crippen MR) is 149 cm³/mol. The molecule has 0 saturated carbocycles. The Morgan fingerprint density at radius 3 is 2.14 bits per heavy atom. The lowest BCUT2D eigenvalue weighted by atomic mass is 10.2. The SMILES string of the molecule is O=C1OC(CNC(O)=S)CN1c1ccc(N2CCN(C(=S)N3CCN(c4ccccn4)CC3)CC2)nc1. The number of carbonyl (C=O) groups is 1. The van der Waals surface area contributed by atoms with Crippen LogP contribution >= 0.6 is 24.4 Å². The molecule has 3 aliphatic rings. The smallest absolute Gasteiger partial charge is 0.414 e. The molecule has 37 heavy (non-hydrogen) atoms. The van der Waals surface area contributed by atoms with Gasteiger partial charge < -0.3 is 34.8 Å². The lowest BCUT2D eigenvalue weighted by Crippen LogP contribution is -2.57. The predicted octanol–water partition coefficient (Wildman–Crippen LogP) is 1.46. The molecule has 13 heteroatoms. The van der Waals surface area contributed by atoms with Crippen LogP contribution in [0.2, 0.25) is 0 Å². The van der Waals surface area contributed by atoms with Gasteiger partial charge in [0.25, 0.3) is 5.17 Å². The summed E-state index contributed by atoms with van der Waals surface area (Å²) in [5.74, 6) is 1.89. The molecule has 2 aromatic heterocycles. The van der Waals surface area contributed by atoms with E-state index in [-0.39, 0.29) is 11.7 Å². The number of rotatable bonds is 5. The molecule has 3 aliphatic heterocycles. The zero-order valence-electron chi connectivity index (χ0n) is 20.4. The number of thiocarbonyl (C=S) groups is 2. The van der Waals surface area contributed by atoms with E-state index in [4.69, 9.17) is 22.1 Å². The van der Waals surface area contributed by atoms with E-state index in [9.17, 15) is 4.79 Å². The standard InChI is InChI=1S/C24H30N8O3S2/c33-22(36)27-16-19-17-32(24(34)35-19)18-4-5-21(26-15-18)29-9-13-31(14-10-29)23(37)30-11-7-28(8-12-30)20-3-1-2-6-25-20/h1-6,15,19H,7-14,16-17H2,(H2,27,33,36). The minimum absolute atomic E-state index is 0.259. The van der Waals surface area contributed by atoms with Gasteiger partial charge in [0.1, 0.15) is 17.7 Å². The van der Waals surface area contributed by atoms with Crippen LogP contribution in [-0.4, -0.2) is 113 Å². The second-order valence-electron chi connectivity index (χ2n) is 9.10. The van der Waals surface area contributed by atoms with Gasteiger partial charge in [0.2, 0.25) is 0 Å². The first-order valence-electron chi connectivity index (χ1n) is 12.3. The molecule has 1 amide bonds. The molecule has 11 nitrogen and oxygen atoms in total. The number of carbonyl (C=O) groups excluding carboxylic acids is 1. The summed E-state index contributed by atoms with van der Waals surface area (Å²) in [6.07, 6.45) is 2.70. The van der Waals surface area contributed by atoms with Crippen LogP contribution in [0.4, 0.5) is 22.1 Å². The fourth-order valence-electron chi connectivity index (χ4n) is 4.76. The van der Waals surface area contributed by atoms with Crippen LogP contribution in [-0.2, 0) is 4.74 Å². The lowest BCUT2D eigenvalue weighted by Gasteiger charge is -2.43. The number of aliphatic hydroxyl groups is 1. The van der Waals surface area contributed by atoms with Gasteiger partial charge >= 0.3 is 6.09 Å².